The van der Waals surface area contributed by atoms with Crippen LogP contribution in [0.5, 0.6) is 0 Å². The highest BCUT2D eigenvalue weighted by molar-refractivity contribution is 5.76. The standard InChI is InChI=1S/C31H57N3O9/c1-8-19-38-21-23-40-25-26-41-24-22-39-20-14-27(35)34(18-13-11-16-33-29(37)43-31(5,6)7)17-12-9-10-15-32-28(36)42-30(2,3)4/h1H,9-26H2,2-7H3,(H,32,36)(H,33,37). The molecule has 0 bridgehead atoms. The van der Waals surface area contributed by atoms with Crippen LogP contribution in [-0.4, -0.2) is 113 Å². The van der Waals surface area contributed by atoms with Crippen LogP contribution in [0.15, 0.2) is 0 Å². The van der Waals surface area contributed by atoms with Crippen LogP contribution in [0.2, 0.25) is 0 Å². The van der Waals surface area contributed by atoms with E-state index in [0.717, 1.165) is 32.1 Å². The first-order chi connectivity index (χ1) is 20.3. The van der Waals surface area contributed by atoms with E-state index in [0.29, 0.717) is 72.4 Å². The van der Waals surface area contributed by atoms with Crippen LogP contribution in [0.25, 0.3) is 0 Å². The Labute approximate surface area is 259 Å². The molecule has 0 aliphatic rings. The van der Waals surface area contributed by atoms with E-state index in [4.69, 9.17) is 34.8 Å². The van der Waals surface area contributed by atoms with Gasteiger partial charge in [0.15, 0.2) is 0 Å². The van der Waals surface area contributed by atoms with Crippen molar-refractivity contribution < 1.29 is 42.8 Å². The van der Waals surface area contributed by atoms with Crippen molar-refractivity contribution in [2.45, 2.75) is 91.3 Å². The second-order valence-corrected chi connectivity index (χ2v) is 11.8. The molecule has 0 radical (unpaired) electrons. The molecule has 0 atom stereocenters. The molecule has 250 valence electrons. The second kappa shape index (κ2) is 24.8. The summed E-state index contributed by atoms with van der Waals surface area (Å²) in [6.45, 7) is 16.3. The lowest BCUT2D eigenvalue weighted by molar-refractivity contribution is -0.132. The highest BCUT2D eigenvalue weighted by Crippen LogP contribution is 2.08. The van der Waals surface area contributed by atoms with Gasteiger partial charge in [-0.05, 0) is 73.6 Å². The topological polar surface area (TPSA) is 134 Å². The van der Waals surface area contributed by atoms with Crippen molar-refractivity contribution in [2.24, 2.45) is 0 Å². The molecule has 0 fully saturated rings. The molecule has 0 spiro atoms. The lowest BCUT2D eigenvalue weighted by atomic mass is 10.2. The van der Waals surface area contributed by atoms with Crippen LogP contribution in [0, 0.1) is 12.3 Å². The minimum atomic E-state index is -0.545. The number of ether oxygens (including phenoxy) is 6. The van der Waals surface area contributed by atoms with E-state index in [1.807, 2.05) is 46.4 Å². The van der Waals surface area contributed by atoms with Crippen molar-refractivity contribution >= 4 is 18.1 Å². The summed E-state index contributed by atoms with van der Waals surface area (Å²) in [4.78, 5) is 38.4. The molecule has 0 aromatic rings. The molecule has 43 heavy (non-hydrogen) atoms. The molecule has 12 nitrogen and oxygen atoms in total. The number of carbonyl (C=O) groups excluding carboxylic acids is 3. The number of amides is 3. The predicted molar refractivity (Wildman–Crippen MR) is 165 cm³/mol. The fourth-order valence-electron chi connectivity index (χ4n) is 3.51. The Bertz CT molecular complexity index is 789. The van der Waals surface area contributed by atoms with Gasteiger partial charge >= 0.3 is 12.2 Å². The van der Waals surface area contributed by atoms with Gasteiger partial charge in [0.05, 0.1) is 52.7 Å². The number of carbonyl (C=O) groups is 3. The normalized spacial score (nSPS) is 11.5. The van der Waals surface area contributed by atoms with Crippen molar-refractivity contribution in [1.82, 2.24) is 15.5 Å². The Morgan fingerprint density at radius 3 is 1.51 bits per heavy atom. The molecule has 0 unspecified atom stereocenters. The molecule has 2 N–H and O–H groups in total. The molecule has 0 aliphatic heterocycles. The number of rotatable bonds is 24. The lowest BCUT2D eigenvalue weighted by Gasteiger charge is -2.23. The Balaban J connectivity index is 4.30. The number of hydrogen-bond donors (Lipinski definition) is 2. The van der Waals surface area contributed by atoms with Crippen molar-refractivity contribution in [3.8, 4) is 12.3 Å². The predicted octanol–water partition coefficient (Wildman–Crippen LogP) is 3.90. The maximum absolute atomic E-state index is 12.9. The average Bonchev–Trinajstić information content (AvgIpc) is 2.89. The molecule has 0 aromatic heterocycles. The fourth-order valence-corrected chi connectivity index (χ4v) is 3.51. The molecule has 0 rings (SSSR count). The summed E-state index contributed by atoms with van der Waals surface area (Å²) in [5.74, 6) is 2.41. The second-order valence-electron chi connectivity index (χ2n) is 11.8. The molecule has 0 saturated heterocycles. The zero-order chi connectivity index (χ0) is 32.4. The van der Waals surface area contributed by atoms with Gasteiger partial charge < -0.3 is 44.0 Å². The largest absolute Gasteiger partial charge is 0.444 e. The van der Waals surface area contributed by atoms with E-state index in [9.17, 15) is 14.4 Å². The smallest absolute Gasteiger partial charge is 0.407 e. The third-order valence-corrected chi connectivity index (χ3v) is 5.41. The van der Waals surface area contributed by atoms with Crippen LogP contribution in [-0.2, 0) is 33.2 Å². The van der Waals surface area contributed by atoms with E-state index in [1.54, 1.807) is 0 Å². The van der Waals surface area contributed by atoms with Crippen molar-refractivity contribution in [3.05, 3.63) is 0 Å². The molecule has 0 saturated carbocycles. The first kappa shape index (κ1) is 40.4. The minimum Gasteiger partial charge on any atom is -0.444 e. The lowest BCUT2D eigenvalue weighted by Crippen LogP contribution is -2.35. The van der Waals surface area contributed by atoms with Gasteiger partial charge in [-0.3, -0.25) is 4.79 Å². The molecule has 12 heteroatoms. The van der Waals surface area contributed by atoms with Crippen molar-refractivity contribution in [1.29, 1.82) is 0 Å². The number of nitrogens with one attached hydrogen (secondary N) is 2. The van der Waals surface area contributed by atoms with Crippen LogP contribution in [0.3, 0.4) is 0 Å². The number of terminal acetylenes is 1. The summed E-state index contributed by atoms with van der Waals surface area (Å²) in [5.41, 5.74) is -1.07. The quantitative estimate of drug-likeness (QED) is 0.122. The Kier molecular flexibility index (Phi) is 23.3. The number of alkyl carbamates (subject to hydrolysis) is 2. The minimum absolute atomic E-state index is 0.0216. The first-order valence-electron chi connectivity index (χ1n) is 15.3. The van der Waals surface area contributed by atoms with Crippen molar-refractivity contribution in [3.63, 3.8) is 0 Å². The summed E-state index contributed by atoms with van der Waals surface area (Å²) in [7, 11) is 0. The van der Waals surface area contributed by atoms with E-state index < -0.39 is 23.4 Å². The zero-order valence-corrected chi connectivity index (χ0v) is 27.4. The highest BCUT2D eigenvalue weighted by atomic mass is 16.6. The first-order valence-corrected chi connectivity index (χ1v) is 15.3. The summed E-state index contributed by atoms with van der Waals surface area (Å²) in [6.07, 6.45) is 8.42. The molecule has 3 amide bonds. The molecule has 0 aromatic carbocycles. The number of hydrogen-bond acceptors (Lipinski definition) is 9. The number of unbranched alkanes of at least 4 members (excludes halogenated alkanes) is 3. The highest BCUT2D eigenvalue weighted by Gasteiger charge is 2.17. The molecular weight excluding hydrogens is 558 g/mol. The maximum Gasteiger partial charge on any atom is 0.407 e. The van der Waals surface area contributed by atoms with Gasteiger partial charge in [-0.15, -0.1) is 6.42 Å². The van der Waals surface area contributed by atoms with Gasteiger partial charge in [0.25, 0.3) is 0 Å². The Morgan fingerprint density at radius 1 is 0.628 bits per heavy atom. The van der Waals surface area contributed by atoms with E-state index in [1.165, 1.54) is 0 Å². The van der Waals surface area contributed by atoms with E-state index in [2.05, 4.69) is 16.6 Å². The van der Waals surface area contributed by atoms with Gasteiger partial charge in [0.1, 0.15) is 17.8 Å². The van der Waals surface area contributed by atoms with Gasteiger partial charge in [0, 0.05) is 26.2 Å². The van der Waals surface area contributed by atoms with Gasteiger partial charge in [-0.1, -0.05) is 5.92 Å². The SMILES string of the molecule is C#CCOCCOCCOCCOCCC(=O)N(CCCCCNC(=O)OC(C)(C)C)CCCCNC(=O)OC(C)(C)C. The summed E-state index contributed by atoms with van der Waals surface area (Å²) in [6, 6.07) is 0. The number of nitrogens with zero attached hydrogens (tertiary/aromatic N) is 1. The maximum atomic E-state index is 12.9. The van der Waals surface area contributed by atoms with Crippen LogP contribution in [0.4, 0.5) is 9.59 Å². The summed E-state index contributed by atoms with van der Waals surface area (Å²) < 4.78 is 32.0. The molecule has 0 aliphatic carbocycles. The Morgan fingerprint density at radius 2 is 1.05 bits per heavy atom. The van der Waals surface area contributed by atoms with Crippen LogP contribution >= 0.6 is 0 Å². The van der Waals surface area contributed by atoms with Crippen LogP contribution < -0.4 is 10.6 Å². The Hall–Kier alpha value is -2.59. The van der Waals surface area contributed by atoms with E-state index >= 15 is 0 Å². The third kappa shape index (κ3) is 29.3. The van der Waals surface area contributed by atoms with Gasteiger partial charge in [-0.25, -0.2) is 9.59 Å². The molecule has 0 heterocycles. The fraction of sp³-hybridized carbons (Fsp3) is 0.839. The monoisotopic (exact) mass is 615 g/mol. The summed E-state index contributed by atoms with van der Waals surface area (Å²) >= 11 is 0. The van der Waals surface area contributed by atoms with Crippen LogP contribution in [0.1, 0.15) is 80.1 Å². The van der Waals surface area contributed by atoms with Crippen molar-refractivity contribution in [2.75, 3.05) is 79.0 Å². The molecular formula is C31H57N3O9. The summed E-state index contributed by atoms with van der Waals surface area (Å²) in [5, 5.41) is 5.51. The van der Waals surface area contributed by atoms with E-state index in [-0.39, 0.29) is 18.9 Å². The zero-order valence-electron chi connectivity index (χ0n) is 27.4. The third-order valence-electron chi connectivity index (χ3n) is 5.41. The van der Waals surface area contributed by atoms with Gasteiger partial charge in [0.2, 0.25) is 5.91 Å². The average molecular weight is 616 g/mol. The van der Waals surface area contributed by atoms with Gasteiger partial charge in [-0.2, -0.15) is 0 Å².